The van der Waals surface area contributed by atoms with Gasteiger partial charge in [0.1, 0.15) is 6.33 Å². The van der Waals surface area contributed by atoms with Crippen LogP contribution in [0.2, 0.25) is 0 Å². The first-order chi connectivity index (χ1) is 15.0. The second kappa shape index (κ2) is 7.69. The number of benzene rings is 1. The Labute approximate surface area is 176 Å². The predicted octanol–water partition coefficient (Wildman–Crippen LogP) is -0.526. The predicted molar refractivity (Wildman–Crippen MR) is 106 cm³/mol. The van der Waals surface area contributed by atoms with Gasteiger partial charge in [0.05, 0.1) is 0 Å². The van der Waals surface area contributed by atoms with E-state index < -0.39 is 16.8 Å². The van der Waals surface area contributed by atoms with Crippen LogP contribution in [0.1, 0.15) is 29.6 Å². The zero-order valence-electron chi connectivity index (χ0n) is 16.5. The lowest BCUT2D eigenvalue weighted by Crippen LogP contribution is -3.00. The minimum atomic E-state index is -1.22. The summed E-state index contributed by atoms with van der Waals surface area (Å²) in [4.78, 5) is 28.1. The highest BCUT2D eigenvalue weighted by Crippen LogP contribution is 2.36. The van der Waals surface area contributed by atoms with Crippen LogP contribution in [0.3, 0.4) is 0 Å². The Morgan fingerprint density at radius 3 is 2.68 bits per heavy atom. The van der Waals surface area contributed by atoms with Gasteiger partial charge >= 0.3 is 5.56 Å². The molecule has 2 aromatic heterocycles. The van der Waals surface area contributed by atoms with Gasteiger partial charge in [-0.3, -0.25) is 9.59 Å². The van der Waals surface area contributed by atoms with Gasteiger partial charge in [-0.15, -0.1) is 5.10 Å². The highest BCUT2D eigenvalue weighted by Gasteiger charge is 2.39. The average Bonchev–Trinajstić information content (AvgIpc) is 3.29. The quantitative estimate of drug-likeness (QED) is 0.539. The number of fused-ring (bicyclic) bond motifs is 4. The van der Waals surface area contributed by atoms with Crippen molar-refractivity contribution in [1.82, 2.24) is 29.7 Å². The molecule has 0 saturated carbocycles. The van der Waals surface area contributed by atoms with Crippen LogP contribution < -0.4 is 10.8 Å². The van der Waals surface area contributed by atoms with E-state index in [0.29, 0.717) is 19.6 Å². The van der Waals surface area contributed by atoms with E-state index in [4.69, 9.17) is 0 Å². The molecule has 1 fully saturated rings. The van der Waals surface area contributed by atoms with E-state index in [1.807, 2.05) is 35.2 Å². The molecule has 2 aliphatic heterocycles. The summed E-state index contributed by atoms with van der Waals surface area (Å²) in [6, 6.07) is 11.8. The number of carbonyl (C=O) groups is 1. The third-order valence-electron chi connectivity index (χ3n) is 6.12. The van der Waals surface area contributed by atoms with Gasteiger partial charge in [0.2, 0.25) is 5.69 Å². The van der Waals surface area contributed by atoms with Crippen molar-refractivity contribution in [3.05, 3.63) is 75.6 Å². The van der Waals surface area contributed by atoms with E-state index in [-0.39, 0.29) is 23.4 Å². The Morgan fingerprint density at radius 1 is 1.16 bits per heavy atom. The largest absolute Gasteiger partial charge is 0.595 e. The fourth-order valence-corrected chi connectivity index (χ4v) is 4.79. The lowest BCUT2D eigenvalue weighted by Gasteiger charge is -2.43. The summed E-state index contributed by atoms with van der Waals surface area (Å²) in [6.45, 7) is 1.34. The minimum absolute atomic E-state index is 0.0303. The molecule has 1 aromatic carbocycles. The molecule has 1 amide bonds. The number of hydrogen-bond acceptors (Lipinski definition) is 7. The second-order valence-corrected chi connectivity index (χ2v) is 8.04. The topological polar surface area (TPSA) is 134 Å². The van der Waals surface area contributed by atoms with Gasteiger partial charge in [0.15, 0.2) is 6.04 Å². The molecule has 11 heteroatoms. The fourth-order valence-electron chi connectivity index (χ4n) is 4.79. The number of piperidine rings is 1. The van der Waals surface area contributed by atoms with Gasteiger partial charge in [0.25, 0.3) is 5.91 Å². The Balaban J connectivity index is 1.46. The maximum absolute atomic E-state index is 13.6. The lowest BCUT2D eigenvalue weighted by molar-refractivity contribution is -0.992. The molecular formula is C20H21N7O4. The van der Waals surface area contributed by atoms with Gasteiger partial charge in [0, 0.05) is 37.3 Å². The van der Waals surface area contributed by atoms with Crippen LogP contribution in [0.4, 0.5) is 5.69 Å². The molecule has 160 valence electrons. The molecule has 5 rings (SSSR count). The van der Waals surface area contributed by atoms with Crippen molar-refractivity contribution in [2.24, 2.45) is 5.92 Å². The number of nitrogens with zero attached hydrogens (tertiary/aromatic N) is 6. The van der Waals surface area contributed by atoms with Crippen LogP contribution in [0.15, 0.2) is 53.6 Å². The van der Waals surface area contributed by atoms with Crippen LogP contribution in [0.25, 0.3) is 0 Å². The highest BCUT2D eigenvalue weighted by molar-refractivity contribution is 5.83. The molecule has 2 N–H and O–H groups in total. The number of hydrogen-bond donors (Lipinski definition) is 2. The number of quaternary nitrogens is 1. The fraction of sp³-hybridized carbons (Fsp3) is 0.350. The normalized spacial score (nSPS) is 21.9. The summed E-state index contributed by atoms with van der Waals surface area (Å²) < 4.78 is 3.03. The molecule has 1 saturated heterocycles. The summed E-state index contributed by atoms with van der Waals surface area (Å²) >= 11 is 0. The smallest absolute Gasteiger partial charge is 0.315 e. The molecular weight excluding hydrogens is 402 g/mol. The van der Waals surface area contributed by atoms with Crippen molar-refractivity contribution >= 4 is 11.6 Å². The van der Waals surface area contributed by atoms with Gasteiger partial charge in [-0.25, -0.2) is 9.89 Å². The standard InChI is InChI=1S/C20H21N7O4/c28-19-17(27(30)31)7-6-16-15-8-13(10-25(16)19)9-24(11-15)20(29)18(26-12-21-22-23-26)14-4-2-1-3-5-14/h1-7,12-13,15,18,27,30H,8-11H2. The third-order valence-corrected chi connectivity index (χ3v) is 6.12. The summed E-state index contributed by atoms with van der Waals surface area (Å²) in [5.74, 6) is -0.0642. The molecule has 4 atom stereocenters. The first kappa shape index (κ1) is 19.5. The average molecular weight is 423 g/mol. The maximum atomic E-state index is 13.6. The van der Waals surface area contributed by atoms with Crippen molar-refractivity contribution in [1.29, 1.82) is 0 Å². The van der Waals surface area contributed by atoms with E-state index in [9.17, 15) is 20.0 Å². The number of likely N-dealkylation sites (tertiary alicyclic amines) is 1. The van der Waals surface area contributed by atoms with E-state index in [1.54, 1.807) is 10.6 Å². The maximum Gasteiger partial charge on any atom is 0.315 e. The van der Waals surface area contributed by atoms with Gasteiger partial charge < -0.3 is 14.7 Å². The molecule has 4 unspecified atom stereocenters. The zero-order chi connectivity index (χ0) is 21.5. The SMILES string of the molecule is O=C(C(c1ccccc1)n1cnnn1)N1CC2CC(C1)c1ccc([NH+]([O-])O)c(=O)n1C2. The summed E-state index contributed by atoms with van der Waals surface area (Å²) in [5, 5.41) is 30.7. The van der Waals surface area contributed by atoms with Gasteiger partial charge in [-0.1, -0.05) is 30.3 Å². The number of amides is 1. The Hall–Kier alpha value is -3.41. The number of pyridine rings is 1. The number of aromatic nitrogens is 5. The summed E-state index contributed by atoms with van der Waals surface area (Å²) in [6.07, 6.45) is 2.29. The molecule has 31 heavy (non-hydrogen) atoms. The first-order valence-corrected chi connectivity index (χ1v) is 10.1. The first-order valence-electron chi connectivity index (χ1n) is 10.1. The van der Waals surface area contributed by atoms with Crippen LogP contribution in [0.5, 0.6) is 0 Å². The highest BCUT2D eigenvalue weighted by atomic mass is 16.8. The molecule has 3 aromatic rings. The number of rotatable bonds is 4. The Bertz CT molecular complexity index is 1150. The molecule has 0 spiro atoms. The second-order valence-electron chi connectivity index (χ2n) is 8.04. The molecule has 0 radical (unpaired) electrons. The van der Waals surface area contributed by atoms with E-state index in [0.717, 1.165) is 17.7 Å². The van der Waals surface area contributed by atoms with Crippen molar-refractivity contribution in [3.63, 3.8) is 0 Å². The zero-order valence-corrected chi connectivity index (χ0v) is 16.5. The summed E-state index contributed by atoms with van der Waals surface area (Å²) in [5.41, 5.74) is 0.871. The molecule has 4 heterocycles. The van der Waals surface area contributed by atoms with Crippen molar-refractivity contribution in [2.75, 3.05) is 13.1 Å². The van der Waals surface area contributed by atoms with E-state index >= 15 is 0 Å². The molecule has 2 aliphatic rings. The number of nitrogens with one attached hydrogen (secondary N) is 1. The van der Waals surface area contributed by atoms with E-state index in [1.165, 1.54) is 17.1 Å². The monoisotopic (exact) mass is 423 g/mol. The molecule has 2 bridgehead atoms. The van der Waals surface area contributed by atoms with Gasteiger partial charge in [-0.2, -0.15) is 5.23 Å². The Kier molecular flexibility index (Phi) is 4.85. The van der Waals surface area contributed by atoms with Crippen molar-refractivity contribution in [2.45, 2.75) is 24.9 Å². The minimum Gasteiger partial charge on any atom is -0.595 e. The van der Waals surface area contributed by atoms with Crippen LogP contribution in [-0.2, 0) is 11.3 Å². The van der Waals surface area contributed by atoms with Crippen LogP contribution in [-0.4, -0.2) is 53.9 Å². The third kappa shape index (κ3) is 3.42. The lowest BCUT2D eigenvalue weighted by atomic mass is 9.82. The summed E-state index contributed by atoms with van der Waals surface area (Å²) in [7, 11) is 0. The van der Waals surface area contributed by atoms with Crippen LogP contribution in [0, 0.1) is 11.1 Å². The van der Waals surface area contributed by atoms with Crippen molar-refractivity contribution in [3.8, 4) is 0 Å². The molecule has 0 aliphatic carbocycles. The number of tetrazole rings is 1. The number of carbonyl (C=O) groups excluding carboxylic acids is 1. The Morgan fingerprint density at radius 2 is 1.97 bits per heavy atom. The van der Waals surface area contributed by atoms with E-state index in [2.05, 4.69) is 15.5 Å². The van der Waals surface area contributed by atoms with Crippen LogP contribution >= 0.6 is 0 Å². The van der Waals surface area contributed by atoms with Crippen molar-refractivity contribution < 1.29 is 15.2 Å². The molecule has 11 nitrogen and oxygen atoms in total. The van der Waals surface area contributed by atoms with Gasteiger partial charge in [-0.05, 0) is 34.4 Å².